The van der Waals surface area contributed by atoms with Gasteiger partial charge < -0.3 is 0 Å². The number of thioether (sulfide) groups is 2. The zero-order chi connectivity index (χ0) is 17.8. The summed E-state index contributed by atoms with van der Waals surface area (Å²) in [6.45, 7) is 10.8. The zero-order valence-corrected chi connectivity index (χ0v) is 17.5. The second kappa shape index (κ2) is 13.5. The van der Waals surface area contributed by atoms with Gasteiger partial charge >= 0.3 is 0 Å². The van der Waals surface area contributed by atoms with E-state index in [0.29, 0.717) is 21.6 Å². The van der Waals surface area contributed by atoms with E-state index in [0.717, 1.165) is 43.6 Å². The molecule has 2 atom stereocenters. The third-order valence-electron chi connectivity index (χ3n) is 3.14. The molecule has 0 spiro atoms. The Labute approximate surface area is 160 Å². The number of hydrogen-bond acceptors (Lipinski definition) is 6. The smallest absolute Gasteiger partial charge is 0.214 e. The van der Waals surface area contributed by atoms with E-state index in [-0.39, 0.29) is 10.2 Å². The first-order valence-electron chi connectivity index (χ1n) is 7.75. The van der Waals surface area contributed by atoms with Crippen molar-refractivity contribution in [2.75, 3.05) is 11.5 Å². The van der Waals surface area contributed by atoms with Crippen LogP contribution in [-0.2, 0) is 9.59 Å². The molecule has 0 aromatic carbocycles. The van der Waals surface area contributed by atoms with E-state index < -0.39 is 0 Å². The fourth-order valence-electron chi connectivity index (χ4n) is 1.70. The monoisotopic (exact) mass is 392 g/mol. The van der Waals surface area contributed by atoms with Gasteiger partial charge in [-0.1, -0.05) is 43.1 Å². The van der Waals surface area contributed by atoms with Gasteiger partial charge in [0.1, 0.15) is 0 Å². The largest absolute Gasteiger partial charge is 0.282 e. The van der Waals surface area contributed by atoms with E-state index in [1.807, 2.05) is 0 Å². The number of carbonyl (C=O) groups excluding carboxylic acids is 2. The summed E-state index contributed by atoms with van der Waals surface area (Å²) >= 11 is 11.8. The van der Waals surface area contributed by atoms with Crippen molar-refractivity contribution in [3.05, 3.63) is 24.3 Å². The van der Waals surface area contributed by atoms with Crippen molar-refractivity contribution in [1.29, 1.82) is 0 Å². The summed E-state index contributed by atoms with van der Waals surface area (Å²) in [4.78, 5) is 22.8. The molecule has 0 fully saturated rings. The summed E-state index contributed by atoms with van der Waals surface area (Å²) < 4.78 is 0. The molecule has 132 valence electrons. The average Bonchev–Trinajstić information content (AvgIpc) is 2.46. The van der Waals surface area contributed by atoms with E-state index in [1.54, 1.807) is 13.8 Å². The van der Waals surface area contributed by atoms with Crippen LogP contribution >= 0.6 is 48.8 Å². The Hall–Kier alpha value is 0.220. The number of rotatable bonds is 12. The molecule has 0 amide bonds. The summed E-state index contributed by atoms with van der Waals surface area (Å²) in [6.07, 6.45) is 4.97. The van der Waals surface area contributed by atoms with Crippen molar-refractivity contribution in [2.24, 2.45) is 0 Å². The second-order valence-corrected chi connectivity index (χ2v) is 9.24. The Bertz CT molecular complexity index is 383. The summed E-state index contributed by atoms with van der Waals surface area (Å²) in [5.74, 6) is 1.59. The van der Waals surface area contributed by atoms with Gasteiger partial charge in [-0.3, -0.25) is 9.59 Å². The first kappa shape index (κ1) is 23.2. The van der Waals surface area contributed by atoms with Gasteiger partial charge in [-0.2, -0.15) is 25.3 Å². The van der Waals surface area contributed by atoms with Crippen LogP contribution in [0.1, 0.15) is 46.0 Å². The quantitative estimate of drug-likeness (QED) is 0.353. The minimum absolute atomic E-state index is 0.0720. The molecule has 0 aliphatic carbocycles. The number of thiol groups is 2. The molecular formula is C17H28O2S4. The fraction of sp³-hybridized carbons (Fsp3) is 0.647. The lowest BCUT2D eigenvalue weighted by atomic mass is 10.1. The molecule has 0 rings (SSSR count). The Kier molecular flexibility index (Phi) is 13.6. The highest BCUT2D eigenvalue weighted by Crippen LogP contribution is 2.20. The van der Waals surface area contributed by atoms with E-state index >= 15 is 0 Å². The molecule has 0 N–H and O–H groups in total. The van der Waals surface area contributed by atoms with Gasteiger partial charge in [0.2, 0.25) is 10.2 Å². The SMILES string of the molecule is C=C(C)C(=O)SCCC(S)CCCC(S)CCSC(=O)C(=C)C. The fourth-order valence-corrected chi connectivity index (χ4v) is 4.34. The Balaban J connectivity index is 3.64. The highest BCUT2D eigenvalue weighted by molar-refractivity contribution is 8.14. The molecule has 2 nitrogen and oxygen atoms in total. The molecule has 0 radical (unpaired) electrons. The summed E-state index contributed by atoms with van der Waals surface area (Å²) in [7, 11) is 0. The first-order valence-corrected chi connectivity index (χ1v) is 10.8. The van der Waals surface area contributed by atoms with Gasteiger partial charge in [-0.05, 0) is 50.7 Å². The number of hydrogen-bond donors (Lipinski definition) is 2. The topological polar surface area (TPSA) is 34.1 Å². The van der Waals surface area contributed by atoms with Crippen LogP contribution in [0.5, 0.6) is 0 Å². The van der Waals surface area contributed by atoms with Gasteiger partial charge in [-0.15, -0.1) is 0 Å². The molecule has 0 aromatic rings. The van der Waals surface area contributed by atoms with Crippen molar-refractivity contribution in [3.63, 3.8) is 0 Å². The highest BCUT2D eigenvalue weighted by atomic mass is 32.2. The molecule has 6 heteroatoms. The van der Waals surface area contributed by atoms with Gasteiger partial charge in [0.15, 0.2) is 0 Å². The summed E-state index contributed by atoms with van der Waals surface area (Å²) in [6, 6.07) is 0. The Morgan fingerprint density at radius 3 is 1.48 bits per heavy atom. The Morgan fingerprint density at radius 1 is 0.826 bits per heavy atom. The van der Waals surface area contributed by atoms with Crippen molar-refractivity contribution in [1.82, 2.24) is 0 Å². The lowest BCUT2D eigenvalue weighted by Crippen LogP contribution is -2.06. The van der Waals surface area contributed by atoms with Crippen molar-refractivity contribution in [2.45, 2.75) is 56.5 Å². The van der Waals surface area contributed by atoms with Crippen molar-refractivity contribution >= 4 is 59.0 Å². The van der Waals surface area contributed by atoms with E-state index in [4.69, 9.17) is 0 Å². The van der Waals surface area contributed by atoms with Gasteiger partial charge in [0.05, 0.1) is 0 Å². The number of carbonyl (C=O) groups is 2. The van der Waals surface area contributed by atoms with Gasteiger partial charge in [-0.25, -0.2) is 0 Å². The lowest BCUT2D eigenvalue weighted by Gasteiger charge is -2.13. The molecule has 23 heavy (non-hydrogen) atoms. The van der Waals surface area contributed by atoms with Crippen LogP contribution in [0, 0.1) is 0 Å². The molecule has 0 aliphatic heterocycles. The van der Waals surface area contributed by atoms with Crippen LogP contribution in [-0.4, -0.2) is 32.2 Å². The van der Waals surface area contributed by atoms with Crippen LogP contribution in [0.2, 0.25) is 0 Å². The van der Waals surface area contributed by atoms with Crippen molar-refractivity contribution < 1.29 is 9.59 Å². The maximum atomic E-state index is 11.4. The minimum Gasteiger partial charge on any atom is -0.282 e. The van der Waals surface area contributed by atoms with E-state index in [1.165, 1.54) is 23.5 Å². The normalized spacial score (nSPS) is 13.4. The maximum Gasteiger partial charge on any atom is 0.214 e. The maximum absolute atomic E-state index is 11.4. The Morgan fingerprint density at radius 2 is 1.17 bits per heavy atom. The predicted octanol–water partition coefficient (Wildman–Crippen LogP) is 5.21. The van der Waals surface area contributed by atoms with Gasteiger partial charge in [0, 0.05) is 22.0 Å². The van der Waals surface area contributed by atoms with Crippen LogP contribution in [0.25, 0.3) is 0 Å². The first-order chi connectivity index (χ1) is 10.7. The zero-order valence-electron chi connectivity index (χ0n) is 14.0. The van der Waals surface area contributed by atoms with Crippen molar-refractivity contribution in [3.8, 4) is 0 Å². The van der Waals surface area contributed by atoms with Gasteiger partial charge in [0.25, 0.3) is 0 Å². The summed E-state index contributed by atoms with van der Waals surface area (Å²) in [5, 5.41) is 0.783. The summed E-state index contributed by atoms with van der Waals surface area (Å²) in [5.41, 5.74) is 1.21. The third-order valence-corrected chi connectivity index (χ3v) is 6.27. The van der Waals surface area contributed by atoms with E-state index in [2.05, 4.69) is 38.4 Å². The molecule has 0 saturated heterocycles. The minimum atomic E-state index is 0.0720. The molecule has 0 aliphatic rings. The standard InChI is InChI=1S/C17H28O2S4/c1-12(2)16(18)22-10-8-14(20)6-5-7-15(21)9-11-23-17(19)13(3)4/h14-15,20-21H,1,3,5-11H2,2,4H3. The van der Waals surface area contributed by atoms with Crippen LogP contribution < -0.4 is 0 Å². The molecule has 2 unspecified atom stereocenters. The highest BCUT2D eigenvalue weighted by Gasteiger charge is 2.10. The second-order valence-electron chi connectivity index (χ2n) is 5.65. The molecular weight excluding hydrogens is 364 g/mol. The molecule has 0 aromatic heterocycles. The lowest BCUT2D eigenvalue weighted by molar-refractivity contribution is -0.108. The third kappa shape index (κ3) is 13.2. The van der Waals surface area contributed by atoms with Crippen LogP contribution in [0.3, 0.4) is 0 Å². The molecule has 0 heterocycles. The average molecular weight is 393 g/mol. The van der Waals surface area contributed by atoms with E-state index in [9.17, 15) is 9.59 Å². The van der Waals surface area contributed by atoms with Crippen LogP contribution in [0.4, 0.5) is 0 Å². The predicted molar refractivity (Wildman–Crippen MR) is 113 cm³/mol. The molecule has 0 saturated carbocycles. The van der Waals surface area contributed by atoms with Crippen LogP contribution in [0.15, 0.2) is 24.3 Å². The molecule has 0 bridgehead atoms.